The number of nitrogens with zero attached hydrogens (tertiary/aromatic N) is 4. The summed E-state index contributed by atoms with van der Waals surface area (Å²) >= 11 is 0. The van der Waals surface area contributed by atoms with Crippen LogP contribution in [0.25, 0.3) is 116 Å². The molecule has 0 atom stereocenters. The highest BCUT2D eigenvalue weighted by Gasteiger charge is 2.23. The van der Waals surface area contributed by atoms with Crippen molar-refractivity contribution >= 4 is 76.1 Å². The number of fused-ring (bicyclic) bond motifs is 10. The van der Waals surface area contributed by atoms with E-state index in [0.29, 0.717) is 17.6 Å². The topological polar surface area (TPSA) is 56.7 Å². The van der Waals surface area contributed by atoms with Gasteiger partial charge in [-0.1, -0.05) is 152 Å². The van der Waals surface area contributed by atoms with E-state index >= 15 is 0 Å². The van der Waals surface area contributed by atoms with Crippen molar-refractivity contribution in [1.82, 2.24) is 19.5 Å². The van der Waals surface area contributed by atoms with E-state index in [1.807, 2.05) is 12.1 Å². The van der Waals surface area contributed by atoms with Crippen LogP contribution in [-0.4, -0.2) is 19.5 Å². The van der Waals surface area contributed by atoms with Crippen LogP contribution in [0.3, 0.4) is 0 Å². The number of furan rings is 1. The molecule has 56 heavy (non-hydrogen) atoms. The summed E-state index contributed by atoms with van der Waals surface area (Å²) in [5, 5.41) is 11.4. The second kappa shape index (κ2) is 11.9. The lowest BCUT2D eigenvalue weighted by atomic mass is 9.96. The molecule has 0 unspecified atom stereocenters. The molecule has 12 rings (SSSR count). The van der Waals surface area contributed by atoms with Crippen molar-refractivity contribution in [2.45, 2.75) is 0 Å². The molecule has 5 heteroatoms. The highest BCUT2D eigenvalue weighted by atomic mass is 16.3. The molecule has 260 valence electrons. The van der Waals surface area contributed by atoms with E-state index in [9.17, 15) is 0 Å². The smallest absolute Gasteiger partial charge is 0.238 e. The van der Waals surface area contributed by atoms with Gasteiger partial charge in [0, 0.05) is 38.2 Å². The van der Waals surface area contributed by atoms with E-state index < -0.39 is 0 Å². The van der Waals surface area contributed by atoms with Crippen molar-refractivity contribution in [3.63, 3.8) is 0 Å². The lowest BCUT2D eigenvalue weighted by Gasteiger charge is -2.14. The van der Waals surface area contributed by atoms with E-state index in [4.69, 9.17) is 19.4 Å². The van der Waals surface area contributed by atoms with Gasteiger partial charge in [-0.15, -0.1) is 0 Å². The summed E-state index contributed by atoms with van der Waals surface area (Å²) in [5.74, 6) is 1.78. The highest BCUT2D eigenvalue weighted by Crippen LogP contribution is 2.44. The molecule has 0 radical (unpaired) electrons. The molecule has 0 N–H and O–H groups in total. The zero-order chi connectivity index (χ0) is 36.7. The number of hydrogen-bond acceptors (Lipinski definition) is 4. The molecule has 0 saturated carbocycles. The van der Waals surface area contributed by atoms with Crippen molar-refractivity contribution in [3.8, 4) is 39.9 Å². The van der Waals surface area contributed by atoms with Gasteiger partial charge in [-0.05, 0) is 68.2 Å². The van der Waals surface area contributed by atoms with E-state index in [1.165, 1.54) is 21.5 Å². The number of aromatic nitrogens is 4. The number of rotatable bonds is 4. The van der Waals surface area contributed by atoms with Gasteiger partial charge in [-0.3, -0.25) is 4.57 Å². The molecule has 3 aromatic heterocycles. The number of hydrogen-bond donors (Lipinski definition) is 0. The summed E-state index contributed by atoms with van der Waals surface area (Å²) < 4.78 is 8.66. The normalized spacial score (nSPS) is 11.9. The van der Waals surface area contributed by atoms with Crippen LogP contribution in [0.5, 0.6) is 0 Å². The Bertz CT molecular complexity index is 3460. The maximum Gasteiger partial charge on any atom is 0.238 e. The molecule has 0 saturated heterocycles. The Morgan fingerprint density at radius 2 is 0.929 bits per heavy atom. The van der Waals surface area contributed by atoms with Crippen LogP contribution in [-0.2, 0) is 0 Å². The zero-order valence-electron chi connectivity index (χ0n) is 30.0. The molecule has 12 aromatic rings. The molecular weight excluding hydrogens is 685 g/mol. The minimum atomic E-state index is 0.554. The summed E-state index contributed by atoms with van der Waals surface area (Å²) in [4.78, 5) is 16.0. The van der Waals surface area contributed by atoms with Gasteiger partial charge in [0.2, 0.25) is 5.95 Å². The first-order valence-electron chi connectivity index (χ1n) is 18.9. The van der Waals surface area contributed by atoms with Gasteiger partial charge in [-0.2, -0.15) is 9.97 Å². The Balaban J connectivity index is 1.22. The fourth-order valence-corrected chi connectivity index (χ4v) is 8.64. The molecule has 9 aromatic carbocycles. The fraction of sp³-hybridized carbons (Fsp3) is 0. The van der Waals surface area contributed by atoms with Gasteiger partial charge in [0.15, 0.2) is 11.6 Å². The molecule has 0 aliphatic rings. The highest BCUT2D eigenvalue weighted by molar-refractivity contribution is 6.25. The minimum Gasteiger partial charge on any atom is -0.456 e. The lowest BCUT2D eigenvalue weighted by Crippen LogP contribution is -2.07. The first-order valence-corrected chi connectivity index (χ1v) is 18.9. The average molecular weight is 715 g/mol. The van der Waals surface area contributed by atoms with Crippen molar-refractivity contribution in [3.05, 3.63) is 182 Å². The van der Waals surface area contributed by atoms with E-state index in [1.54, 1.807) is 0 Å². The number of benzene rings is 9. The van der Waals surface area contributed by atoms with Gasteiger partial charge in [0.1, 0.15) is 11.2 Å². The SMILES string of the molecule is c1ccc2cc(-c3nc(-c4ccc5ccccc5c4)nc(-n4c5ccc6ccccc6c5c5cccc(-c6cccc7oc8ccccc8c67)c54)n3)ccc2c1. The predicted octanol–water partition coefficient (Wildman–Crippen LogP) is 13.3. The van der Waals surface area contributed by atoms with E-state index in [0.717, 1.165) is 76.8 Å². The standard InChI is InChI=1S/C51H30N4O/c1-3-14-34-29-36(25-23-31(34)11-1)49-52-50(37-26-24-32-12-2-4-15-35(32)30-37)54-51(53-49)55-43-28-27-33-13-5-6-16-38(33)46(43)42-20-9-19-40(48(42)55)39-18-10-22-45-47(39)41-17-7-8-21-44(41)56-45/h1-30H. The minimum absolute atomic E-state index is 0.554. The fourth-order valence-electron chi connectivity index (χ4n) is 8.64. The summed E-state index contributed by atoms with van der Waals surface area (Å²) in [5.41, 5.74) is 7.78. The van der Waals surface area contributed by atoms with E-state index in [-0.39, 0.29) is 0 Å². The van der Waals surface area contributed by atoms with Crippen LogP contribution in [0.2, 0.25) is 0 Å². The second-order valence-corrected chi connectivity index (χ2v) is 14.4. The molecule has 3 heterocycles. The first kappa shape index (κ1) is 30.8. The van der Waals surface area contributed by atoms with Crippen LogP contribution in [0.4, 0.5) is 0 Å². The summed E-state index contributed by atoms with van der Waals surface area (Å²) in [6.07, 6.45) is 0. The Morgan fingerprint density at radius 3 is 1.66 bits per heavy atom. The van der Waals surface area contributed by atoms with E-state index in [2.05, 4.69) is 174 Å². The molecule has 0 spiro atoms. The van der Waals surface area contributed by atoms with Gasteiger partial charge in [-0.25, -0.2) is 4.98 Å². The second-order valence-electron chi connectivity index (χ2n) is 14.4. The third kappa shape index (κ3) is 4.64. The van der Waals surface area contributed by atoms with Crippen LogP contribution < -0.4 is 0 Å². The first-order chi connectivity index (χ1) is 27.7. The van der Waals surface area contributed by atoms with Gasteiger partial charge >= 0.3 is 0 Å². The zero-order valence-corrected chi connectivity index (χ0v) is 30.0. The van der Waals surface area contributed by atoms with Crippen LogP contribution in [0.15, 0.2) is 186 Å². The molecule has 0 aliphatic heterocycles. The van der Waals surface area contributed by atoms with Crippen LogP contribution in [0.1, 0.15) is 0 Å². The predicted molar refractivity (Wildman–Crippen MR) is 230 cm³/mol. The van der Waals surface area contributed by atoms with Crippen molar-refractivity contribution in [2.24, 2.45) is 0 Å². The largest absolute Gasteiger partial charge is 0.456 e. The number of para-hydroxylation sites is 2. The molecular formula is C51H30N4O. The Morgan fingerprint density at radius 1 is 0.375 bits per heavy atom. The molecule has 0 fully saturated rings. The van der Waals surface area contributed by atoms with Crippen LogP contribution >= 0.6 is 0 Å². The molecule has 5 nitrogen and oxygen atoms in total. The van der Waals surface area contributed by atoms with Crippen molar-refractivity contribution in [2.75, 3.05) is 0 Å². The quantitative estimate of drug-likeness (QED) is 0.182. The molecule has 0 amide bonds. The average Bonchev–Trinajstić information content (AvgIpc) is 3.82. The maximum absolute atomic E-state index is 6.41. The molecule has 0 aliphatic carbocycles. The third-order valence-corrected chi connectivity index (χ3v) is 11.2. The van der Waals surface area contributed by atoms with Gasteiger partial charge in [0.25, 0.3) is 0 Å². The summed E-state index contributed by atoms with van der Waals surface area (Å²) in [7, 11) is 0. The van der Waals surface area contributed by atoms with Crippen molar-refractivity contribution < 1.29 is 4.42 Å². The molecule has 0 bridgehead atoms. The van der Waals surface area contributed by atoms with Crippen molar-refractivity contribution in [1.29, 1.82) is 0 Å². The lowest BCUT2D eigenvalue weighted by molar-refractivity contribution is 0.669. The van der Waals surface area contributed by atoms with Gasteiger partial charge < -0.3 is 4.42 Å². The third-order valence-electron chi connectivity index (χ3n) is 11.2. The van der Waals surface area contributed by atoms with Crippen LogP contribution in [0, 0.1) is 0 Å². The summed E-state index contributed by atoms with van der Waals surface area (Å²) in [6, 6.07) is 63.9. The monoisotopic (exact) mass is 714 g/mol. The maximum atomic E-state index is 6.41. The Labute approximate surface area is 320 Å². The Kier molecular flexibility index (Phi) is 6.56. The van der Waals surface area contributed by atoms with Gasteiger partial charge in [0.05, 0.1) is 11.0 Å². The Hall–Kier alpha value is -7.63. The summed E-state index contributed by atoms with van der Waals surface area (Å²) in [6.45, 7) is 0.